The number of rotatable bonds is 6. The summed E-state index contributed by atoms with van der Waals surface area (Å²) in [5, 5.41) is 0. The Kier molecular flexibility index (Phi) is 7.86. The molecule has 0 radical (unpaired) electrons. The van der Waals surface area contributed by atoms with Gasteiger partial charge in [0.1, 0.15) is 0 Å². The predicted molar refractivity (Wildman–Crippen MR) is 36.7 cm³/mol. The molecule has 0 atom stereocenters. The summed E-state index contributed by atoms with van der Waals surface area (Å²) in [6.45, 7) is 0.257. The zero-order valence-corrected chi connectivity index (χ0v) is 8.74. The van der Waals surface area contributed by atoms with E-state index in [9.17, 15) is 7.35 Å². The van der Waals surface area contributed by atoms with Gasteiger partial charge in [0.05, 0.1) is 0 Å². The molecule has 0 aromatic carbocycles. The molecule has 0 rings (SSSR count). The molecule has 0 saturated carbocycles. The predicted octanol–water partition coefficient (Wildman–Crippen LogP) is 2.20. The van der Waals surface area contributed by atoms with Gasteiger partial charge in [-0.1, -0.05) is 0 Å². The molecule has 0 spiro atoms. The van der Waals surface area contributed by atoms with Gasteiger partial charge in [0.2, 0.25) is 0 Å². The van der Waals surface area contributed by atoms with Crippen molar-refractivity contribution >= 4 is 23.2 Å². The molecule has 0 fully saturated rings. The van der Waals surface area contributed by atoms with Crippen LogP contribution in [0.2, 0.25) is 0 Å². The monoisotopic (exact) mass is 238 g/mol. The zero-order valence-electron chi connectivity index (χ0n) is 5.83. The molecule has 0 heterocycles. The Morgan fingerprint density at radius 1 is 1.27 bits per heavy atom. The van der Waals surface area contributed by atoms with Crippen LogP contribution in [0.5, 0.6) is 0 Å². The molecular formula is C5H9Cl2O3V. The van der Waals surface area contributed by atoms with Crippen molar-refractivity contribution in [2.75, 3.05) is 6.61 Å². The molecule has 0 aliphatic heterocycles. The Bertz CT molecular complexity index is 150. The van der Waals surface area contributed by atoms with Crippen molar-refractivity contribution in [1.82, 2.24) is 0 Å². The van der Waals surface area contributed by atoms with Crippen LogP contribution in [0.1, 0.15) is 19.3 Å². The van der Waals surface area contributed by atoms with Crippen LogP contribution < -0.4 is 0 Å². The second kappa shape index (κ2) is 7.38. The van der Waals surface area contributed by atoms with Gasteiger partial charge in [-0.05, 0) is 0 Å². The fraction of sp³-hybridized carbons (Fsp3) is 1.00. The summed E-state index contributed by atoms with van der Waals surface area (Å²) < 4.78 is 24.3. The SMILES string of the molecule is [O]=[V](=[O])[O]CCCCC(Cl)Cl. The van der Waals surface area contributed by atoms with Crippen molar-refractivity contribution < 1.29 is 26.4 Å². The Morgan fingerprint density at radius 2 is 1.91 bits per heavy atom. The minimum atomic E-state index is -3.36. The van der Waals surface area contributed by atoms with Crippen molar-refractivity contribution in [2.45, 2.75) is 24.1 Å². The van der Waals surface area contributed by atoms with Crippen molar-refractivity contribution in [3.8, 4) is 0 Å². The molecule has 6 heteroatoms. The number of alkyl halides is 2. The summed E-state index contributed by atoms with van der Waals surface area (Å²) in [6.07, 6.45) is 2.16. The van der Waals surface area contributed by atoms with E-state index in [0.29, 0.717) is 12.8 Å². The topological polar surface area (TPSA) is 43.4 Å². The van der Waals surface area contributed by atoms with Crippen LogP contribution >= 0.6 is 23.2 Å². The van der Waals surface area contributed by atoms with Gasteiger partial charge in [-0.2, -0.15) is 0 Å². The summed E-state index contributed by atoms with van der Waals surface area (Å²) in [5.74, 6) is 0. The molecule has 0 N–H and O–H groups in total. The Labute approximate surface area is 80.4 Å². The van der Waals surface area contributed by atoms with Gasteiger partial charge in [0, 0.05) is 0 Å². The second-order valence-corrected chi connectivity index (χ2v) is 4.32. The van der Waals surface area contributed by atoms with Gasteiger partial charge < -0.3 is 0 Å². The average molecular weight is 239 g/mol. The molecule has 11 heavy (non-hydrogen) atoms. The van der Waals surface area contributed by atoms with E-state index in [1.54, 1.807) is 0 Å². The molecule has 0 bridgehead atoms. The summed E-state index contributed by atoms with van der Waals surface area (Å²) in [5.41, 5.74) is 0. The zero-order chi connectivity index (χ0) is 8.69. The Morgan fingerprint density at radius 3 is 2.36 bits per heavy atom. The fourth-order valence-corrected chi connectivity index (χ4v) is 1.28. The van der Waals surface area contributed by atoms with Crippen molar-refractivity contribution in [2.24, 2.45) is 0 Å². The van der Waals surface area contributed by atoms with Crippen LogP contribution in [0, 0.1) is 0 Å². The van der Waals surface area contributed by atoms with Crippen molar-refractivity contribution in [3.63, 3.8) is 0 Å². The first-order chi connectivity index (χ1) is 5.13. The maximum atomic E-state index is 9.94. The van der Waals surface area contributed by atoms with E-state index >= 15 is 0 Å². The van der Waals surface area contributed by atoms with E-state index < -0.39 is 15.4 Å². The van der Waals surface area contributed by atoms with Crippen LogP contribution in [-0.2, 0) is 26.4 Å². The van der Waals surface area contributed by atoms with Crippen LogP contribution in [-0.4, -0.2) is 11.4 Å². The molecule has 0 aromatic heterocycles. The van der Waals surface area contributed by atoms with Crippen LogP contribution in [0.25, 0.3) is 0 Å². The molecule has 66 valence electrons. The minimum absolute atomic E-state index is 0.257. The van der Waals surface area contributed by atoms with E-state index in [1.807, 2.05) is 0 Å². The Balaban J connectivity index is 3.03. The quantitative estimate of drug-likeness (QED) is 0.527. The number of halogens is 2. The molecule has 0 aromatic rings. The van der Waals surface area contributed by atoms with Gasteiger partial charge >= 0.3 is 80.3 Å². The molecule has 0 aliphatic carbocycles. The van der Waals surface area contributed by atoms with E-state index in [0.717, 1.165) is 6.42 Å². The second-order valence-electron chi connectivity index (χ2n) is 1.94. The third kappa shape index (κ3) is 10.7. The van der Waals surface area contributed by atoms with Gasteiger partial charge in [-0.25, -0.2) is 0 Å². The number of hydrogen-bond acceptors (Lipinski definition) is 3. The van der Waals surface area contributed by atoms with E-state index in [-0.39, 0.29) is 11.4 Å². The Hall–Kier alpha value is 0.724. The summed E-state index contributed by atoms with van der Waals surface area (Å²) in [7, 11) is 0. The maximum absolute atomic E-state index is 9.94. The molecular weight excluding hydrogens is 230 g/mol. The summed E-state index contributed by atoms with van der Waals surface area (Å²) in [4.78, 5) is -0.358. The van der Waals surface area contributed by atoms with Gasteiger partial charge in [0.15, 0.2) is 0 Å². The number of hydrogen-bond donors (Lipinski definition) is 0. The first kappa shape index (κ1) is 11.7. The van der Waals surface area contributed by atoms with Crippen LogP contribution in [0.3, 0.4) is 0 Å². The van der Waals surface area contributed by atoms with E-state index in [4.69, 9.17) is 23.2 Å². The molecule has 3 nitrogen and oxygen atoms in total. The van der Waals surface area contributed by atoms with Gasteiger partial charge in [0.25, 0.3) is 0 Å². The molecule has 0 unspecified atom stereocenters. The first-order valence-corrected chi connectivity index (χ1v) is 5.76. The standard InChI is InChI=1S/C5H9Cl2O.2O.V/c6-5(7)3-1-2-4-8;;;/h5H,1-4H2;;;/q-1;;;+1. The summed E-state index contributed by atoms with van der Waals surface area (Å²) >= 11 is 7.50. The van der Waals surface area contributed by atoms with E-state index in [1.165, 1.54) is 0 Å². The van der Waals surface area contributed by atoms with E-state index in [2.05, 4.69) is 3.66 Å². The van der Waals surface area contributed by atoms with Crippen LogP contribution in [0.15, 0.2) is 0 Å². The third-order valence-corrected chi connectivity index (χ3v) is 2.06. The fourth-order valence-electron chi connectivity index (χ4n) is 0.540. The van der Waals surface area contributed by atoms with Crippen molar-refractivity contribution in [3.05, 3.63) is 0 Å². The molecule has 0 saturated heterocycles. The third-order valence-electron chi connectivity index (χ3n) is 1.01. The van der Waals surface area contributed by atoms with Crippen molar-refractivity contribution in [1.29, 1.82) is 0 Å². The normalized spacial score (nSPS) is 10.5. The molecule has 0 aliphatic rings. The van der Waals surface area contributed by atoms with Gasteiger partial charge in [-0.3, -0.25) is 0 Å². The molecule has 0 amide bonds. The number of unbranched alkanes of at least 4 members (excludes halogenated alkanes) is 1. The summed E-state index contributed by atoms with van der Waals surface area (Å²) in [6, 6.07) is 0. The first-order valence-electron chi connectivity index (χ1n) is 3.18. The van der Waals surface area contributed by atoms with Crippen LogP contribution in [0.4, 0.5) is 0 Å². The van der Waals surface area contributed by atoms with Gasteiger partial charge in [-0.15, -0.1) is 0 Å². The average Bonchev–Trinajstić information content (AvgIpc) is 1.85.